The lowest BCUT2D eigenvalue weighted by Crippen LogP contribution is -2.36. The lowest BCUT2D eigenvalue weighted by molar-refractivity contribution is 0.0702. The molecule has 1 saturated carbocycles. The van der Waals surface area contributed by atoms with E-state index in [4.69, 9.17) is 9.47 Å². The van der Waals surface area contributed by atoms with Crippen LogP contribution in [0, 0.1) is 0 Å². The van der Waals surface area contributed by atoms with Gasteiger partial charge in [0.2, 0.25) is 0 Å². The molecule has 0 radical (unpaired) electrons. The van der Waals surface area contributed by atoms with Gasteiger partial charge in [-0.3, -0.25) is 0 Å². The van der Waals surface area contributed by atoms with E-state index in [-0.39, 0.29) is 12.4 Å². The van der Waals surface area contributed by atoms with Crippen LogP contribution < -0.4 is 9.64 Å². The van der Waals surface area contributed by atoms with Gasteiger partial charge in [0.15, 0.2) is 0 Å². The van der Waals surface area contributed by atoms with Crippen molar-refractivity contribution in [1.29, 1.82) is 0 Å². The third-order valence-electron chi connectivity index (χ3n) is 8.00. The van der Waals surface area contributed by atoms with E-state index in [0.29, 0.717) is 17.4 Å². The molecule has 0 bridgehead atoms. The normalized spacial score (nSPS) is 16.3. The summed E-state index contributed by atoms with van der Waals surface area (Å²) >= 11 is 1.42. The number of carboxylic acid groups (broad SMARTS) is 1. The number of nitrogens with zero attached hydrogens (tertiary/aromatic N) is 2. The Labute approximate surface area is 239 Å². The molecule has 0 spiro atoms. The van der Waals surface area contributed by atoms with Crippen molar-refractivity contribution in [3.05, 3.63) is 70.6 Å². The van der Waals surface area contributed by atoms with Crippen LogP contribution in [-0.2, 0) is 18.4 Å². The minimum atomic E-state index is -0.848. The number of fused-ring (bicyclic) bond motifs is 1. The van der Waals surface area contributed by atoms with E-state index in [9.17, 15) is 9.90 Å². The second-order valence-electron chi connectivity index (χ2n) is 10.3. The van der Waals surface area contributed by atoms with Crippen molar-refractivity contribution < 1.29 is 19.4 Å². The third-order valence-corrected chi connectivity index (χ3v) is 9.14. The Morgan fingerprint density at radius 3 is 2.49 bits per heavy atom. The largest absolute Gasteiger partial charge is 0.489 e. The number of aryl methyl sites for hydroxylation is 1. The number of para-hydroxylation sites is 1. The number of benzene rings is 2. The summed E-state index contributed by atoms with van der Waals surface area (Å²) < 4.78 is 15.1. The van der Waals surface area contributed by atoms with Gasteiger partial charge in [-0.05, 0) is 66.3 Å². The number of halogens is 1. The second kappa shape index (κ2) is 12.0. The highest BCUT2D eigenvalue weighted by Crippen LogP contribution is 2.46. The number of carboxylic acids is 1. The third kappa shape index (κ3) is 5.53. The molecule has 2 fully saturated rings. The number of aromatic nitrogens is 1. The van der Waals surface area contributed by atoms with Gasteiger partial charge >= 0.3 is 5.97 Å². The highest BCUT2D eigenvalue weighted by Gasteiger charge is 2.28. The van der Waals surface area contributed by atoms with Crippen molar-refractivity contribution in [2.24, 2.45) is 7.05 Å². The van der Waals surface area contributed by atoms with Crippen molar-refractivity contribution in [3.63, 3.8) is 0 Å². The van der Waals surface area contributed by atoms with Crippen molar-refractivity contribution >= 4 is 45.6 Å². The van der Waals surface area contributed by atoms with Gasteiger partial charge in [0, 0.05) is 31.4 Å². The van der Waals surface area contributed by atoms with Gasteiger partial charge in [-0.2, -0.15) is 0 Å². The summed E-state index contributed by atoms with van der Waals surface area (Å²) in [7, 11) is 2.06. The zero-order chi connectivity index (χ0) is 26.1. The van der Waals surface area contributed by atoms with E-state index < -0.39 is 5.97 Å². The predicted octanol–water partition coefficient (Wildman–Crippen LogP) is 7.49. The molecule has 0 amide bonds. The average molecular weight is 567 g/mol. The van der Waals surface area contributed by atoms with Gasteiger partial charge in [0.25, 0.3) is 0 Å². The Morgan fingerprint density at radius 1 is 1.05 bits per heavy atom. The van der Waals surface area contributed by atoms with Gasteiger partial charge < -0.3 is 24.0 Å². The molecule has 0 unspecified atom stereocenters. The summed E-state index contributed by atoms with van der Waals surface area (Å²) in [5.74, 6) is 0.461. The SMILES string of the molecule is Cl.Cn1c(-c2ccc(OCc3ccccc3N3CCOCC3)cc2)c(C2CCCCC2)c2sc(C(=O)O)cc21. The quantitative estimate of drug-likeness (QED) is 0.251. The molecule has 3 heterocycles. The van der Waals surface area contributed by atoms with Gasteiger partial charge in [-0.25, -0.2) is 4.79 Å². The molecule has 6 nitrogen and oxygen atoms in total. The zero-order valence-corrected chi connectivity index (χ0v) is 23.9. The van der Waals surface area contributed by atoms with E-state index in [2.05, 4.69) is 65.0 Å². The van der Waals surface area contributed by atoms with Crippen LogP contribution in [0.5, 0.6) is 5.75 Å². The van der Waals surface area contributed by atoms with Gasteiger partial charge in [-0.1, -0.05) is 37.5 Å². The second-order valence-corrected chi connectivity index (χ2v) is 11.4. The molecule has 2 aromatic heterocycles. The Balaban J connectivity index is 0.00000308. The van der Waals surface area contributed by atoms with Crippen LogP contribution >= 0.6 is 23.7 Å². The van der Waals surface area contributed by atoms with Crippen LogP contribution in [0.1, 0.15) is 58.8 Å². The highest BCUT2D eigenvalue weighted by molar-refractivity contribution is 7.21. The monoisotopic (exact) mass is 566 g/mol. The van der Waals surface area contributed by atoms with E-state index in [1.165, 1.54) is 53.1 Å². The number of morpholine rings is 1. The standard InChI is InChI=1S/C31H34N2O4S.ClH/c1-32-26-19-27(31(34)35)38-30(26)28(21-7-3-2-4-8-21)29(32)22-11-13-24(14-12-22)37-20-23-9-5-6-10-25(23)33-15-17-36-18-16-33;/h5-6,9-14,19,21H,2-4,7-8,15-18,20H2,1H3,(H,34,35);1H. The maximum atomic E-state index is 11.7. The van der Waals surface area contributed by atoms with E-state index in [1.807, 2.05) is 6.07 Å². The number of anilines is 1. The van der Waals surface area contributed by atoms with Gasteiger partial charge in [-0.15, -0.1) is 23.7 Å². The van der Waals surface area contributed by atoms with Crippen LogP contribution in [0.4, 0.5) is 5.69 Å². The van der Waals surface area contributed by atoms with Crippen molar-refractivity contribution in [2.75, 3.05) is 31.2 Å². The molecule has 4 aromatic rings. The first-order valence-electron chi connectivity index (χ1n) is 13.6. The van der Waals surface area contributed by atoms with Gasteiger partial charge in [0.1, 0.15) is 17.2 Å². The fraction of sp³-hybridized carbons (Fsp3) is 0.387. The smallest absolute Gasteiger partial charge is 0.345 e. The first-order chi connectivity index (χ1) is 18.6. The summed E-state index contributed by atoms with van der Waals surface area (Å²) in [5.41, 5.74) is 7.09. The Hall–Kier alpha value is -3.00. The van der Waals surface area contributed by atoms with Crippen LogP contribution in [0.3, 0.4) is 0 Å². The maximum Gasteiger partial charge on any atom is 0.345 e. The Kier molecular flexibility index (Phi) is 8.50. The fourth-order valence-corrected chi connectivity index (χ4v) is 7.22. The Morgan fingerprint density at radius 2 is 1.77 bits per heavy atom. The number of rotatable bonds is 7. The van der Waals surface area contributed by atoms with Gasteiger partial charge in [0.05, 0.1) is 29.1 Å². The fourth-order valence-electron chi connectivity index (χ4n) is 6.07. The molecule has 39 heavy (non-hydrogen) atoms. The first-order valence-corrected chi connectivity index (χ1v) is 14.4. The summed E-state index contributed by atoms with van der Waals surface area (Å²) in [4.78, 5) is 14.5. The molecule has 1 aliphatic heterocycles. The molecule has 8 heteroatoms. The number of carbonyl (C=O) groups is 1. The molecule has 0 atom stereocenters. The molecular formula is C31H35ClN2O4S. The lowest BCUT2D eigenvalue weighted by Gasteiger charge is -2.30. The molecule has 2 aromatic carbocycles. The predicted molar refractivity (Wildman–Crippen MR) is 160 cm³/mol. The number of ether oxygens (including phenoxy) is 2. The minimum absolute atomic E-state index is 0. The minimum Gasteiger partial charge on any atom is -0.489 e. The molecule has 206 valence electrons. The van der Waals surface area contributed by atoms with Crippen LogP contribution in [0.25, 0.3) is 21.5 Å². The zero-order valence-electron chi connectivity index (χ0n) is 22.2. The number of thiophene rings is 1. The lowest BCUT2D eigenvalue weighted by atomic mass is 9.83. The van der Waals surface area contributed by atoms with E-state index in [1.54, 1.807) is 0 Å². The van der Waals surface area contributed by atoms with Crippen molar-refractivity contribution in [2.45, 2.75) is 44.6 Å². The van der Waals surface area contributed by atoms with Crippen LogP contribution in [0.15, 0.2) is 54.6 Å². The van der Waals surface area contributed by atoms with Crippen molar-refractivity contribution in [1.82, 2.24) is 4.57 Å². The molecule has 1 aliphatic carbocycles. The summed E-state index contributed by atoms with van der Waals surface area (Å²) in [6.07, 6.45) is 6.08. The topological polar surface area (TPSA) is 63.9 Å². The molecular weight excluding hydrogens is 532 g/mol. The molecule has 6 rings (SSSR count). The number of aromatic carboxylic acids is 1. The van der Waals surface area contributed by atoms with E-state index in [0.717, 1.165) is 60.7 Å². The molecule has 1 saturated heterocycles. The first kappa shape index (κ1) is 27.6. The van der Waals surface area contributed by atoms with Crippen LogP contribution in [-0.4, -0.2) is 41.9 Å². The highest BCUT2D eigenvalue weighted by atomic mass is 35.5. The number of hydrogen-bond donors (Lipinski definition) is 1. The summed E-state index contributed by atoms with van der Waals surface area (Å²) in [5, 5.41) is 9.62. The van der Waals surface area contributed by atoms with E-state index >= 15 is 0 Å². The average Bonchev–Trinajstić information content (AvgIpc) is 3.52. The van der Waals surface area contributed by atoms with Crippen molar-refractivity contribution in [3.8, 4) is 17.0 Å². The Bertz CT molecular complexity index is 1430. The number of hydrogen-bond acceptors (Lipinski definition) is 5. The molecule has 2 aliphatic rings. The summed E-state index contributed by atoms with van der Waals surface area (Å²) in [6.45, 7) is 3.83. The summed E-state index contributed by atoms with van der Waals surface area (Å²) in [6, 6.07) is 18.7. The maximum absolute atomic E-state index is 11.7. The van der Waals surface area contributed by atoms with Crippen LogP contribution in [0.2, 0.25) is 0 Å². The molecule has 1 N–H and O–H groups in total.